The maximum atomic E-state index is 12.1. The van der Waals surface area contributed by atoms with E-state index in [-0.39, 0.29) is 17.6 Å². The van der Waals surface area contributed by atoms with Crippen LogP contribution in [0.3, 0.4) is 0 Å². The van der Waals surface area contributed by atoms with E-state index in [1.54, 1.807) is 17.3 Å². The topological polar surface area (TPSA) is 101 Å². The number of carboxylic acid groups (broad SMARTS) is 1. The Balaban J connectivity index is 1.55. The number of carbonyl (C=O) groups is 2. The zero-order chi connectivity index (χ0) is 14.8. The lowest BCUT2D eigenvalue weighted by Gasteiger charge is -2.38. The Kier molecular flexibility index (Phi) is 3.35. The summed E-state index contributed by atoms with van der Waals surface area (Å²) in [6.45, 7) is 1.04. The minimum Gasteiger partial charge on any atom is -0.476 e. The molecule has 1 fully saturated rings. The summed E-state index contributed by atoms with van der Waals surface area (Å²) >= 11 is 0. The van der Waals surface area contributed by atoms with E-state index in [4.69, 9.17) is 5.11 Å². The molecule has 0 aliphatic carbocycles. The van der Waals surface area contributed by atoms with Crippen LogP contribution in [0.1, 0.15) is 22.1 Å². The second-order valence-electron chi connectivity index (χ2n) is 4.87. The number of amides is 1. The molecule has 1 aliphatic heterocycles. The first-order valence-corrected chi connectivity index (χ1v) is 6.45. The van der Waals surface area contributed by atoms with Gasteiger partial charge >= 0.3 is 5.97 Å². The Labute approximate surface area is 120 Å². The monoisotopic (exact) mass is 287 g/mol. The fourth-order valence-electron chi connectivity index (χ4n) is 2.17. The number of hydrogen-bond donors (Lipinski definition) is 1. The lowest BCUT2D eigenvalue weighted by molar-refractivity contribution is -0.136. The van der Waals surface area contributed by atoms with Gasteiger partial charge in [-0.15, -0.1) is 5.10 Å². The number of hydrogen-bond acceptors (Lipinski definition) is 5. The van der Waals surface area contributed by atoms with Crippen LogP contribution >= 0.6 is 0 Å². The summed E-state index contributed by atoms with van der Waals surface area (Å²) in [4.78, 5) is 28.4. The molecule has 8 heteroatoms. The van der Waals surface area contributed by atoms with Gasteiger partial charge in [0.15, 0.2) is 5.69 Å². The van der Waals surface area contributed by atoms with Gasteiger partial charge in [-0.2, -0.15) is 0 Å². The highest BCUT2D eigenvalue weighted by atomic mass is 16.4. The van der Waals surface area contributed by atoms with Crippen molar-refractivity contribution < 1.29 is 14.7 Å². The Morgan fingerprint density at radius 2 is 2.00 bits per heavy atom. The SMILES string of the molecule is O=C(O)c1cn(C2CN(C(=O)Cc3ccncc3)C2)nn1. The molecule has 0 radical (unpaired) electrons. The van der Waals surface area contributed by atoms with Gasteiger partial charge in [-0.05, 0) is 17.7 Å². The molecule has 2 aromatic rings. The minimum absolute atomic E-state index is 0.00742. The molecule has 0 saturated carbocycles. The van der Waals surface area contributed by atoms with Gasteiger partial charge in [0.25, 0.3) is 0 Å². The normalized spacial score (nSPS) is 14.8. The zero-order valence-corrected chi connectivity index (χ0v) is 11.1. The molecule has 3 heterocycles. The van der Waals surface area contributed by atoms with Gasteiger partial charge in [0.05, 0.1) is 18.7 Å². The van der Waals surface area contributed by atoms with Gasteiger partial charge in [0.2, 0.25) is 5.91 Å². The summed E-state index contributed by atoms with van der Waals surface area (Å²) in [5.74, 6) is -1.07. The van der Waals surface area contributed by atoms with Crippen molar-refractivity contribution in [1.82, 2.24) is 24.9 Å². The van der Waals surface area contributed by atoms with Crippen molar-refractivity contribution in [3.63, 3.8) is 0 Å². The second-order valence-corrected chi connectivity index (χ2v) is 4.87. The smallest absolute Gasteiger partial charge is 0.358 e. The van der Waals surface area contributed by atoms with Gasteiger partial charge in [0, 0.05) is 25.5 Å². The molecule has 108 valence electrons. The van der Waals surface area contributed by atoms with Crippen molar-refractivity contribution >= 4 is 11.9 Å². The first-order chi connectivity index (χ1) is 10.1. The maximum absolute atomic E-state index is 12.1. The molecule has 8 nitrogen and oxygen atoms in total. The van der Waals surface area contributed by atoms with E-state index in [1.165, 1.54) is 10.9 Å². The molecule has 21 heavy (non-hydrogen) atoms. The highest BCUT2D eigenvalue weighted by molar-refractivity contribution is 5.84. The van der Waals surface area contributed by atoms with Crippen molar-refractivity contribution in [2.24, 2.45) is 0 Å². The van der Waals surface area contributed by atoms with E-state index in [2.05, 4.69) is 15.3 Å². The number of pyridine rings is 1. The Morgan fingerprint density at radius 3 is 2.62 bits per heavy atom. The molecule has 2 aromatic heterocycles. The van der Waals surface area contributed by atoms with Crippen LogP contribution in [0.4, 0.5) is 0 Å². The van der Waals surface area contributed by atoms with E-state index < -0.39 is 5.97 Å². The van der Waals surface area contributed by atoms with Crippen LogP contribution in [0.15, 0.2) is 30.7 Å². The van der Waals surface area contributed by atoms with Crippen LogP contribution in [0, 0.1) is 0 Å². The molecule has 1 saturated heterocycles. The average molecular weight is 287 g/mol. The van der Waals surface area contributed by atoms with Crippen LogP contribution in [-0.2, 0) is 11.2 Å². The molecule has 1 N–H and O–H groups in total. The number of aromatic carboxylic acids is 1. The lowest BCUT2D eigenvalue weighted by Crippen LogP contribution is -2.51. The molecule has 1 amide bonds. The molecule has 0 unspecified atom stereocenters. The standard InChI is InChI=1S/C13H13N5O3/c19-12(5-9-1-3-14-4-2-9)17-6-10(7-17)18-8-11(13(20)21)15-16-18/h1-4,8,10H,5-7H2,(H,20,21). The van der Waals surface area contributed by atoms with Crippen molar-refractivity contribution in [3.05, 3.63) is 42.0 Å². The summed E-state index contributed by atoms with van der Waals surface area (Å²) in [6.07, 6.45) is 5.04. The number of carbonyl (C=O) groups excluding carboxylic acids is 1. The largest absolute Gasteiger partial charge is 0.476 e. The third-order valence-corrected chi connectivity index (χ3v) is 3.42. The van der Waals surface area contributed by atoms with Crippen molar-refractivity contribution in [1.29, 1.82) is 0 Å². The highest BCUT2D eigenvalue weighted by Crippen LogP contribution is 2.21. The number of nitrogens with zero attached hydrogens (tertiary/aromatic N) is 5. The number of carboxylic acids is 1. The van der Waals surface area contributed by atoms with E-state index in [1.807, 2.05) is 12.1 Å². The maximum Gasteiger partial charge on any atom is 0.358 e. The van der Waals surface area contributed by atoms with Gasteiger partial charge in [-0.1, -0.05) is 5.21 Å². The van der Waals surface area contributed by atoms with Gasteiger partial charge < -0.3 is 10.0 Å². The number of rotatable bonds is 4. The molecular formula is C13H13N5O3. The number of likely N-dealkylation sites (tertiary alicyclic amines) is 1. The summed E-state index contributed by atoms with van der Waals surface area (Å²) in [5, 5.41) is 16.1. The van der Waals surface area contributed by atoms with Crippen molar-refractivity contribution in [3.8, 4) is 0 Å². The van der Waals surface area contributed by atoms with Crippen LogP contribution in [0.5, 0.6) is 0 Å². The van der Waals surface area contributed by atoms with Crippen molar-refractivity contribution in [2.75, 3.05) is 13.1 Å². The Bertz CT molecular complexity index is 663. The third kappa shape index (κ3) is 2.73. The Hall–Kier alpha value is -2.77. The van der Waals surface area contributed by atoms with Gasteiger partial charge in [-0.3, -0.25) is 9.78 Å². The predicted octanol–water partition coefficient (Wildman–Crippen LogP) is -0.00270. The summed E-state index contributed by atoms with van der Waals surface area (Å²) in [7, 11) is 0. The van der Waals surface area contributed by atoms with Crippen LogP contribution < -0.4 is 0 Å². The first-order valence-electron chi connectivity index (χ1n) is 6.45. The fraction of sp³-hybridized carbons (Fsp3) is 0.308. The summed E-state index contributed by atoms with van der Waals surface area (Å²) in [5.41, 5.74) is 0.837. The molecule has 3 rings (SSSR count). The van der Waals surface area contributed by atoms with E-state index in [0.29, 0.717) is 19.5 Å². The van der Waals surface area contributed by atoms with Crippen LogP contribution in [0.2, 0.25) is 0 Å². The highest BCUT2D eigenvalue weighted by Gasteiger charge is 2.32. The van der Waals surface area contributed by atoms with Crippen LogP contribution in [-0.4, -0.2) is 55.0 Å². The lowest BCUT2D eigenvalue weighted by atomic mass is 10.1. The van der Waals surface area contributed by atoms with E-state index in [0.717, 1.165) is 5.56 Å². The number of aromatic nitrogens is 4. The zero-order valence-electron chi connectivity index (χ0n) is 11.1. The summed E-state index contributed by atoms with van der Waals surface area (Å²) < 4.78 is 1.50. The molecule has 0 aromatic carbocycles. The van der Waals surface area contributed by atoms with Crippen molar-refractivity contribution in [2.45, 2.75) is 12.5 Å². The van der Waals surface area contributed by atoms with E-state index in [9.17, 15) is 9.59 Å². The molecule has 1 aliphatic rings. The average Bonchev–Trinajstić information content (AvgIpc) is 2.88. The quantitative estimate of drug-likeness (QED) is 0.849. The summed E-state index contributed by atoms with van der Waals surface area (Å²) in [6, 6.07) is 3.62. The first kappa shape index (κ1) is 13.2. The van der Waals surface area contributed by atoms with Crippen LogP contribution in [0.25, 0.3) is 0 Å². The second kappa shape index (κ2) is 5.31. The minimum atomic E-state index is -1.11. The molecule has 0 spiro atoms. The molecular weight excluding hydrogens is 274 g/mol. The molecule has 0 atom stereocenters. The molecule has 0 bridgehead atoms. The third-order valence-electron chi connectivity index (χ3n) is 3.42. The van der Waals surface area contributed by atoms with Gasteiger partial charge in [0.1, 0.15) is 0 Å². The predicted molar refractivity (Wildman–Crippen MR) is 70.5 cm³/mol. The van der Waals surface area contributed by atoms with Gasteiger partial charge in [-0.25, -0.2) is 9.48 Å². The van der Waals surface area contributed by atoms with E-state index >= 15 is 0 Å². The Morgan fingerprint density at radius 1 is 1.29 bits per heavy atom. The fourth-order valence-corrected chi connectivity index (χ4v) is 2.17.